The van der Waals surface area contributed by atoms with E-state index in [0.29, 0.717) is 11.1 Å². The van der Waals surface area contributed by atoms with Crippen LogP contribution in [0.3, 0.4) is 0 Å². The maximum Gasteiger partial charge on any atom is 0.135 e. The summed E-state index contributed by atoms with van der Waals surface area (Å²) >= 11 is 6.03. The molecule has 0 amide bonds. The van der Waals surface area contributed by atoms with Gasteiger partial charge in [-0.25, -0.2) is 9.97 Å². The molecule has 4 nitrogen and oxygen atoms in total. The van der Waals surface area contributed by atoms with Crippen LogP contribution in [0.15, 0.2) is 6.07 Å². The first-order chi connectivity index (χ1) is 8.22. The van der Waals surface area contributed by atoms with Gasteiger partial charge in [-0.05, 0) is 12.8 Å². The Hall–Kier alpha value is -0.680. The van der Waals surface area contributed by atoms with Gasteiger partial charge in [0.1, 0.15) is 16.8 Å². The zero-order chi connectivity index (χ0) is 11.8. The van der Waals surface area contributed by atoms with Crippen molar-refractivity contribution in [2.75, 3.05) is 29.5 Å². The zero-order valence-electron chi connectivity index (χ0n) is 9.43. The van der Waals surface area contributed by atoms with Gasteiger partial charge in [-0.1, -0.05) is 11.6 Å². The molecule has 0 bridgehead atoms. The van der Waals surface area contributed by atoms with E-state index >= 15 is 0 Å². The Bertz CT molecular complexity index is 454. The van der Waals surface area contributed by atoms with Crippen LogP contribution in [0.2, 0.25) is 5.15 Å². The van der Waals surface area contributed by atoms with Gasteiger partial charge >= 0.3 is 0 Å². The molecule has 92 valence electrons. The molecule has 1 aliphatic heterocycles. The number of rotatable bonds is 2. The average Bonchev–Trinajstić information content (AvgIpc) is 3.13. The van der Waals surface area contributed by atoms with Crippen LogP contribution in [0.25, 0.3) is 0 Å². The highest BCUT2D eigenvalue weighted by Gasteiger charge is 2.28. The van der Waals surface area contributed by atoms with E-state index < -0.39 is 10.8 Å². The summed E-state index contributed by atoms with van der Waals surface area (Å²) in [6, 6.07) is 1.81. The third-order valence-corrected chi connectivity index (χ3v) is 4.61. The fraction of sp³-hybridized carbons (Fsp3) is 0.636. The van der Waals surface area contributed by atoms with E-state index in [0.717, 1.165) is 36.2 Å². The molecule has 1 aromatic rings. The Kier molecular flexibility index (Phi) is 3.04. The molecule has 6 heteroatoms. The molecule has 3 rings (SSSR count). The molecular formula is C11H14ClN3OS. The smallest absolute Gasteiger partial charge is 0.135 e. The van der Waals surface area contributed by atoms with Gasteiger partial charge in [0.15, 0.2) is 0 Å². The van der Waals surface area contributed by atoms with E-state index in [4.69, 9.17) is 11.6 Å². The standard InChI is InChI=1S/C11H14ClN3OS/c12-9-7-10(14-11(13-9)8-1-2-8)15-3-5-17(16)6-4-15/h7-8H,1-6H2. The molecule has 2 heterocycles. The lowest BCUT2D eigenvalue weighted by Gasteiger charge is -2.27. The first-order valence-electron chi connectivity index (χ1n) is 5.87. The number of hydrogen-bond donors (Lipinski definition) is 0. The summed E-state index contributed by atoms with van der Waals surface area (Å²) < 4.78 is 11.3. The number of anilines is 1. The third-order valence-electron chi connectivity index (χ3n) is 3.14. The largest absolute Gasteiger partial charge is 0.355 e. The lowest BCUT2D eigenvalue weighted by Crippen LogP contribution is -2.38. The Balaban J connectivity index is 1.83. The number of halogens is 1. The maximum atomic E-state index is 11.3. The lowest BCUT2D eigenvalue weighted by atomic mass is 10.3. The first-order valence-corrected chi connectivity index (χ1v) is 7.73. The van der Waals surface area contributed by atoms with Gasteiger partial charge in [-0.2, -0.15) is 0 Å². The van der Waals surface area contributed by atoms with E-state index in [1.54, 1.807) is 0 Å². The molecule has 0 aromatic carbocycles. The Morgan fingerprint density at radius 1 is 1.29 bits per heavy atom. The molecule has 2 aliphatic rings. The van der Waals surface area contributed by atoms with Crippen LogP contribution in [-0.2, 0) is 10.8 Å². The fourth-order valence-electron chi connectivity index (χ4n) is 1.98. The summed E-state index contributed by atoms with van der Waals surface area (Å²) in [5.74, 6) is 3.72. The van der Waals surface area contributed by atoms with Crippen LogP contribution >= 0.6 is 11.6 Å². The second kappa shape index (κ2) is 4.53. The highest BCUT2D eigenvalue weighted by Crippen LogP contribution is 2.39. The van der Waals surface area contributed by atoms with Crippen LogP contribution in [0.4, 0.5) is 5.82 Å². The average molecular weight is 272 g/mol. The van der Waals surface area contributed by atoms with E-state index in [1.807, 2.05) is 6.07 Å². The van der Waals surface area contributed by atoms with Crippen molar-refractivity contribution in [2.45, 2.75) is 18.8 Å². The lowest BCUT2D eigenvalue weighted by molar-refractivity contribution is 0.672. The highest BCUT2D eigenvalue weighted by molar-refractivity contribution is 7.85. The molecular weight excluding hydrogens is 258 g/mol. The first kappa shape index (κ1) is 11.4. The molecule has 1 aliphatic carbocycles. The molecule has 1 saturated carbocycles. The van der Waals surface area contributed by atoms with Crippen LogP contribution in [0.1, 0.15) is 24.6 Å². The van der Waals surface area contributed by atoms with Crippen molar-refractivity contribution >= 4 is 28.2 Å². The normalized spacial score (nSPS) is 21.8. The van der Waals surface area contributed by atoms with Gasteiger partial charge < -0.3 is 4.90 Å². The number of aromatic nitrogens is 2. The monoisotopic (exact) mass is 271 g/mol. The molecule has 0 N–H and O–H groups in total. The molecule has 0 spiro atoms. The van der Waals surface area contributed by atoms with Crippen molar-refractivity contribution in [3.63, 3.8) is 0 Å². The van der Waals surface area contributed by atoms with Crippen LogP contribution in [0.5, 0.6) is 0 Å². The Morgan fingerprint density at radius 3 is 2.65 bits per heavy atom. The van der Waals surface area contributed by atoms with E-state index in [-0.39, 0.29) is 0 Å². The molecule has 1 saturated heterocycles. The van der Waals surface area contributed by atoms with Crippen molar-refractivity contribution in [3.05, 3.63) is 17.0 Å². The third kappa shape index (κ3) is 2.60. The van der Waals surface area contributed by atoms with Crippen molar-refractivity contribution < 1.29 is 4.21 Å². The molecule has 0 atom stereocenters. The van der Waals surface area contributed by atoms with Gasteiger partial charge in [0.25, 0.3) is 0 Å². The second-order valence-corrected chi connectivity index (χ2v) is 6.60. The quantitative estimate of drug-likeness (QED) is 0.766. The van der Waals surface area contributed by atoms with E-state index in [2.05, 4.69) is 14.9 Å². The van der Waals surface area contributed by atoms with Gasteiger partial charge in [0.2, 0.25) is 0 Å². The van der Waals surface area contributed by atoms with Crippen LogP contribution < -0.4 is 4.90 Å². The van der Waals surface area contributed by atoms with Gasteiger partial charge in [-0.15, -0.1) is 0 Å². The highest BCUT2D eigenvalue weighted by atomic mass is 35.5. The summed E-state index contributed by atoms with van der Waals surface area (Å²) in [7, 11) is -0.660. The molecule has 1 aromatic heterocycles. The summed E-state index contributed by atoms with van der Waals surface area (Å²) in [6.07, 6.45) is 2.34. The predicted octanol–water partition coefficient (Wildman–Crippen LogP) is 1.58. The zero-order valence-corrected chi connectivity index (χ0v) is 11.0. The fourth-order valence-corrected chi connectivity index (χ4v) is 3.21. The minimum absolute atomic E-state index is 0.506. The van der Waals surface area contributed by atoms with E-state index in [1.165, 1.54) is 12.8 Å². The minimum atomic E-state index is -0.660. The number of nitrogens with zero attached hydrogens (tertiary/aromatic N) is 3. The van der Waals surface area contributed by atoms with Gasteiger partial charge in [0.05, 0.1) is 0 Å². The van der Waals surface area contributed by atoms with Crippen molar-refractivity contribution in [1.82, 2.24) is 9.97 Å². The number of hydrogen-bond acceptors (Lipinski definition) is 4. The van der Waals surface area contributed by atoms with Crippen molar-refractivity contribution in [1.29, 1.82) is 0 Å². The Labute approximate surface area is 108 Å². The summed E-state index contributed by atoms with van der Waals surface area (Å²) in [6.45, 7) is 1.59. The Morgan fingerprint density at radius 2 is 2.00 bits per heavy atom. The molecule has 2 fully saturated rings. The van der Waals surface area contributed by atoms with Crippen molar-refractivity contribution in [3.8, 4) is 0 Å². The van der Waals surface area contributed by atoms with Crippen LogP contribution in [0, 0.1) is 0 Å². The maximum absolute atomic E-state index is 11.3. The second-order valence-electron chi connectivity index (χ2n) is 4.52. The topological polar surface area (TPSA) is 46.1 Å². The molecule has 0 unspecified atom stereocenters. The van der Waals surface area contributed by atoms with E-state index in [9.17, 15) is 4.21 Å². The molecule has 0 radical (unpaired) electrons. The van der Waals surface area contributed by atoms with Crippen LogP contribution in [-0.4, -0.2) is 38.8 Å². The predicted molar refractivity (Wildman–Crippen MR) is 69.1 cm³/mol. The summed E-state index contributed by atoms with van der Waals surface area (Å²) in [5, 5.41) is 0.517. The minimum Gasteiger partial charge on any atom is -0.355 e. The summed E-state index contributed by atoms with van der Waals surface area (Å²) in [5.41, 5.74) is 0. The molecule has 17 heavy (non-hydrogen) atoms. The summed E-state index contributed by atoms with van der Waals surface area (Å²) in [4.78, 5) is 11.0. The van der Waals surface area contributed by atoms with Gasteiger partial charge in [0, 0.05) is 47.4 Å². The van der Waals surface area contributed by atoms with Gasteiger partial charge in [-0.3, -0.25) is 4.21 Å². The van der Waals surface area contributed by atoms with Crippen molar-refractivity contribution in [2.24, 2.45) is 0 Å². The SMILES string of the molecule is O=S1CCN(c2cc(Cl)nc(C3CC3)n2)CC1.